The lowest BCUT2D eigenvalue weighted by atomic mass is 9.90. The first kappa shape index (κ1) is 23.3. The van der Waals surface area contributed by atoms with Crippen LogP contribution in [0.3, 0.4) is 0 Å². The number of nitrogens with zero attached hydrogens (tertiary/aromatic N) is 2. The molecule has 0 aromatic heterocycles. The van der Waals surface area contributed by atoms with Crippen LogP contribution in [0.5, 0.6) is 0 Å². The molecule has 0 unspecified atom stereocenters. The van der Waals surface area contributed by atoms with E-state index in [0.717, 1.165) is 31.1 Å². The normalized spacial score (nSPS) is 15.1. The summed E-state index contributed by atoms with van der Waals surface area (Å²) in [5.74, 6) is 0.582. The van der Waals surface area contributed by atoms with Gasteiger partial charge in [0.05, 0.1) is 6.21 Å². The monoisotopic (exact) mass is 457 g/mol. The number of carbonyl (C=O) groups excluding carboxylic acids is 1. The highest BCUT2D eigenvalue weighted by molar-refractivity contribution is 7.98. The molecule has 0 spiro atoms. The lowest BCUT2D eigenvalue weighted by Gasteiger charge is -2.32. The van der Waals surface area contributed by atoms with E-state index < -0.39 is 0 Å². The zero-order valence-electron chi connectivity index (χ0n) is 19.1. The van der Waals surface area contributed by atoms with Crippen LogP contribution < -0.4 is 5.43 Å². The summed E-state index contributed by atoms with van der Waals surface area (Å²) < 4.78 is 0. The zero-order chi connectivity index (χ0) is 22.9. The first-order chi connectivity index (χ1) is 16.2. The van der Waals surface area contributed by atoms with Crippen LogP contribution in [0.25, 0.3) is 0 Å². The molecule has 4 rings (SSSR count). The van der Waals surface area contributed by atoms with Crippen molar-refractivity contribution in [2.24, 2.45) is 11.0 Å². The van der Waals surface area contributed by atoms with Crippen molar-refractivity contribution >= 4 is 23.9 Å². The molecule has 3 aromatic rings. The Kier molecular flexibility index (Phi) is 8.34. The van der Waals surface area contributed by atoms with E-state index in [9.17, 15) is 4.79 Å². The molecule has 33 heavy (non-hydrogen) atoms. The van der Waals surface area contributed by atoms with E-state index in [1.807, 2.05) is 42.7 Å². The van der Waals surface area contributed by atoms with Crippen LogP contribution in [0.1, 0.15) is 39.9 Å². The van der Waals surface area contributed by atoms with Crippen molar-refractivity contribution in [2.45, 2.75) is 30.7 Å². The summed E-state index contributed by atoms with van der Waals surface area (Å²) in [6.07, 6.45) is 7.38. The van der Waals surface area contributed by atoms with Crippen molar-refractivity contribution in [3.8, 4) is 0 Å². The molecule has 1 fully saturated rings. The van der Waals surface area contributed by atoms with Crippen molar-refractivity contribution < 1.29 is 4.79 Å². The van der Waals surface area contributed by atoms with E-state index in [0.29, 0.717) is 5.56 Å². The molecule has 0 radical (unpaired) electrons. The maximum atomic E-state index is 12.4. The summed E-state index contributed by atoms with van der Waals surface area (Å²) in [5.41, 5.74) is 6.88. The first-order valence-corrected chi connectivity index (χ1v) is 12.7. The number of nitrogens with one attached hydrogen (secondary N) is 1. The SMILES string of the molecule is CSc1ccc(/C=N\NC(=O)c2ccc(CN3CCC(Cc4ccccc4)CC3)cc2)cc1. The van der Waals surface area contributed by atoms with Gasteiger partial charge < -0.3 is 0 Å². The largest absolute Gasteiger partial charge is 0.299 e. The number of hydrogen-bond acceptors (Lipinski definition) is 4. The third-order valence-electron chi connectivity index (χ3n) is 6.19. The first-order valence-electron chi connectivity index (χ1n) is 11.5. The number of benzene rings is 3. The van der Waals surface area contributed by atoms with E-state index in [-0.39, 0.29) is 5.91 Å². The van der Waals surface area contributed by atoms with Crippen LogP contribution in [0.4, 0.5) is 0 Å². The fourth-order valence-electron chi connectivity index (χ4n) is 4.24. The highest BCUT2D eigenvalue weighted by atomic mass is 32.2. The second kappa shape index (κ2) is 11.8. The summed E-state index contributed by atoms with van der Waals surface area (Å²) in [5, 5.41) is 4.09. The van der Waals surface area contributed by atoms with Crippen molar-refractivity contribution in [2.75, 3.05) is 19.3 Å². The highest BCUT2D eigenvalue weighted by Crippen LogP contribution is 2.23. The molecule has 1 saturated heterocycles. The van der Waals surface area contributed by atoms with Gasteiger partial charge in [0.15, 0.2) is 0 Å². The molecule has 0 bridgehead atoms. The van der Waals surface area contributed by atoms with Crippen molar-refractivity contribution in [1.29, 1.82) is 0 Å². The molecule has 5 heteroatoms. The molecule has 3 aromatic carbocycles. The molecular weight excluding hydrogens is 426 g/mol. The van der Waals surface area contributed by atoms with Gasteiger partial charge in [-0.25, -0.2) is 5.43 Å². The fourth-order valence-corrected chi connectivity index (χ4v) is 4.64. The second-order valence-electron chi connectivity index (χ2n) is 8.58. The molecule has 1 heterocycles. The zero-order valence-corrected chi connectivity index (χ0v) is 19.9. The van der Waals surface area contributed by atoms with Gasteiger partial charge in [-0.1, -0.05) is 54.6 Å². The minimum atomic E-state index is -0.194. The molecule has 4 nitrogen and oxygen atoms in total. The Hall–Kier alpha value is -2.89. The second-order valence-corrected chi connectivity index (χ2v) is 9.46. The molecule has 1 amide bonds. The molecule has 170 valence electrons. The summed E-state index contributed by atoms with van der Waals surface area (Å²) >= 11 is 1.70. The van der Waals surface area contributed by atoms with Gasteiger partial charge in [0.25, 0.3) is 5.91 Å². The average molecular weight is 458 g/mol. The standard InChI is InChI=1S/C28H31N3OS/c1-33-27-13-9-24(10-14-27)20-29-30-28(32)26-11-7-25(8-12-26)21-31-17-15-23(16-18-31)19-22-5-3-2-4-6-22/h2-14,20,23H,15-19,21H2,1H3,(H,30,32)/b29-20-. The average Bonchev–Trinajstić information content (AvgIpc) is 2.87. The van der Waals surface area contributed by atoms with E-state index in [4.69, 9.17) is 0 Å². The molecule has 1 aliphatic rings. The number of thioether (sulfide) groups is 1. The minimum absolute atomic E-state index is 0.194. The molecule has 0 saturated carbocycles. The smallest absolute Gasteiger partial charge is 0.271 e. The quantitative estimate of drug-likeness (QED) is 0.271. The number of amides is 1. The van der Waals surface area contributed by atoms with E-state index >= 15 is 0 Å². The molecule has 1 aliphatic heterocycles. The Labute approximate surface area is 201 Å². The third kappa shape index (κ3) is 7.04. The lowest BCUT2D eigenvalue weighted by molar-refractivity contribution is 0.0955. The van der Waals surface area contributed by atoms with Crippen LogP contribution in [0.2, 0.25) is 0 Å². The van der Waals surface area contributed by atoms with E-state index in [1.165, 1.54) is 35.3 Å². The topological polar surface area (TPSA) is 44.7 Å². The maximum absolute atomic E-state index is 12.4. The van der Waals surface area contributed by atoms with Gasteiger partial charge in [0.2, 0.25) is 0 Å². The van der Waals surface area contributed by atoms with Crippen LogP contribution in [-0.4, -0.2) is 36.4 Å². The Morgan fingerprint density at radius 3 is 2.33 bits per heavy atom. The summed E-state index contributed by atoms with van der Waals surface area (Å²) in [4.78, 5) is 16.1. The minimum Gasteiger partial charge on any atom is -0.299 e. The third-order valence-corrected chi connectivity index (χ3v) is 6.94. The summed E-state index contributed by atoms with van der Waals surface area (Å²) in [6.45, 7) is 3.20. The van der Waals surface area contributed by atoms with Gasteiger partial charge in [-0.2, -0.15) is 5.10 Å². The molecule has 1 N–H and O–H groups in total. The van der Waals surface area contributed by atoms with E-state index in [2.05, 4.69) is 57.9 Å². The Balaban J connectivity index is 1.22. The number of hydrazone groups is 1. The fraction of sp³-hybridized carbons (Fsp3) is 0.286. The highest BCUT2D eigenvalue weighted by Gasteiger charge is 2.19. The van der Waals surface area contributed by atoms with Crippen LogP contribution in [-0.2, 0) is 13.0 Å². The van der Waals surface area contributed by atoms with Crippen LogP contribution >= 0.6 is 11.8 Å². The summed E-state index contributed by atoms with van der Waals surface area (Å²) in [7, 11) is 0. The number of carbonyl (C=O) groups is 1. The predicted octanol–water partition coefficient (Wildman–Crippen LogP) is 5.63. The van der Waals surface area contributed by atoms with Gasteiger partial charge in [0, 0.05) is 17.0 Å². The van der Waals surface area contributed by atoms with Crippen molar-refractivity contribution in [1.82, 2.24) is 10.3 Å². The van der Waals surface area contributed by atoms with Crippen molar-refractivity contribution in [3.05, 3.63) is 101 Å². The summed E-state index contributed by atoms with van der Waals surface area (Å²) in [6, 6.07) is 26.7. The molecule has 0 aliphatic carbocycles. The number of piperidine rings is 1. The predicted molar refractivity (Wildman–Crippen MR) is 138 cm³/mol. The molecular formula is C28H31N3OS. The number of hydrogen-bond donors (Lipinski definition) is 1. The number of rotatable bonds is 8. The van der Waals surface area contributed by atoms with Gasteiger partial charge >= 0.3 is 0 Å². The Morgan fingerprint density at radius 2 is 1.67 bits per heavy atom. The van der Waals surface area contributed by atoms with Crippen LogP contribution in [0, 0.1) is 5.92 Å². The Morgan fingerprint density at radius 1 is 0.970 bits per heavy atom. The van der Waals surface area contributed by atoms with Crippen LogP contribution in [0.15, 0.2) is 88.9 Å². The van der Waals surface area contributed by atoms with Crippen molar-refractivity contribution in [3.63, 3.8) is 0 Å². The van der Waals surface area contributed by atoms with Gasteiger partial charge in [-0.05, 0) is 85.5 Å². The van der Waals surface area contributed by atoms with E-state index in [1.54, 1.807) is 18.0 Å². The Bertz CT molecular complexity index is 1040. The van der Waals surface area contributed by atoms with Gasteiger partial charge in [-0.15, -0.1) is 11.8 Å². The lowest BCUT2D eigenvalue weighted by Crippen LogP contribution is -2.33. The van der Waals surface area contributed by atoms with Gasteiger partial charge in [0.1, 0.15) is 0 Å². The number of likely N-dealkylation sites (tertiary alicyclic amines) is 1. The molecule has 0 atom stereocenters. The maximum Gasteiger partial charge on any atom is 0.271 e. The van der Waals surface area contributed by atoms with Gasteiger partial charge in [-0.3, -0.25) is 9.69 Å².